The van der Waals surface area contributed by atoms with Crippen LogP contribution >= 0.6 is 0 Å². The topological polar surface area (TPSA) is 72.5 Å². The van der Waals surface area contributed by atoms with Crippen LogP contribution in [0.15, 0.2) is 53.4 Å². The van der Waals surface area contributed by atoms with Crippen molar-refractivity contribution in [2.24, 2.45) is 0 Å². The maximum absolute atomic E-state index is 12.6. The van der Waals surface area contributed by atoms with Gasteiger partial charge in [0.25, 0.3) is 5.91 Å². The van der Waals surface area contributed by atoms with Crippen molar-refractivity contribution in [3.63, 3.8) is 0 Å². The van der Waals surface area contributed by atoms with E-state index in [1.165, 1.54) is 12.1 Å². The zero-order valence-corrected chi connectivity index (χ0v) is 15.5. The van der Waals surface area contributed by atoms with Crippen LogP contribution in [0.1, 0.15) is 36.7 Å². The number of rotatable bonds is 7. The fraction of sp³-hybridized carbons (Fsp3) is 0.316. The van der Waals surface area contributed by atoms with E-state index in [1.54, 1.807) is 32.0 Å². The van der Waals surface area contributed by atoms with Gasteiger partial charge in [-0.1, -0.05) is 24.3 Å². The lowest BCUT2D eigenvalue weighted by molar-refractivity contribution is 0.102. The van der Waals surface area contributed by atoms with E-state index in [9.17, 15) is 13.2 Å². The van der Waals surface area contributed by atoms with E-state index >= 15 is 0 Å². The van der Waals surface area contributed by atoms with Gasteiger partial charge in [0, 0.05) is 12.3 Å². The molecule has 0 bridgehead atoms. The van der Waals surface area contributed by atoms with Gasteiger partial charge in [0.05, 0.1) is 22.3 Å². The second kappa shape index (κ2) is 8.27. The number of anilines is 1. The Morgan fingerprint density at radius 3 is 2.52 bits per heavy atom. The molecule has 0 saturated carbocycles. The molecule has 0 aromatic heterocycles. The second-order valence-corrected chi connectivity index (χ2v) is 8.35. The average Bonchev–Trinajstić information content (AvgIpc) is 2.60. The molecule has 0 saturated heterocycles. The number of ether oxygens (including phenoxy) is 1. The van der Waals surface area contributed by atoms with E-state index in [0.29, 0.717) is 18.9 Å². The minimum atomic E-state index is -3.55. The second-order valence-electron chi connectivity index (χ2n) is 5.88. The van der Waals surface area contributed by atoms with Crippen molar-refractivity contribution in [3.8, 4) is 0 Å². The molecule has 2 aromatic carbocycles. The van der Waals surface area contributed by atoms with Crippen molar-refractivity contribution >= 4 is 21.4 Å². The van der Waals surface area contributed by atoms with Gasteiger partial charge in [0.15, 0.2) is 9.84 Å². The predicted molar refractivity (Wildman–Crippen MR) is 98.5 cm³/mol. The first-order chi connectivity index (χ1) is 11.9. The molecule has 2 aromatic rings. The highest BCUT2D eigenvalue weighted by Crippen LogP contribution is 2.22. The van der Waals surface area contributed by atoms with Crippen LogP contribution in [0.3, 0.4) is 0 Å². The van der Waals surface area contributed by atoms with Crippen LogP contribution in [0.5, 0.6) is 0 Å². The standard InChI is InChI=1S/C19H23NO4S/c1-4-24-13-15-8-7-9-16(12-15)20-19(21)17-10-5-6-11-18(17)25(22,23)14(2)3/h5-12,14H,4,13H2,1-3H3,(H,20,21). The first-order valence-corrected chi connectivity index (χ1v) is 9.72. The minimum Gasteiger partial charge on any atom is -0.377 e. The number of carbonyl (C=O) groups is 1. The third-order valence-corrected chi connectivity index (χ3v) is 5.93. The molecule has 0 heterocycles. The molecule has 0 radical (unpaired) electrons. The molecule has 2 rings (SSSR count). The Morgan fingerprint density at radius 2 is 1.84 bits per heavy atom. The molecular formula is C19H23NO4S. The van der Waals surface area contributed by atoms with Gasteiger partial charge in [-0.3, -0.25) is 4.79 Å². The quantitative estimate of drug-likeness (QED) is 0.817. The molecule has 25 heavy (non-hydrogen) atoms. The highest BCUT2D eigenvalue weighted by Gasteiger charge is 2.25. The van der Waals surface area contributed by atoms with Crippen LogP contribution in [-0.2, 0) is 21.2 Å². The molecule has 0 atom stereocenters. The van der Waals surface area contributed by atoms with Crippen molar-refractivity contribution in [3.05, 3.63) is 59.7 Å². The number of hydrogen-bond acceptors (Lipinski definition) is 4. The van der Waals surface area contributed by atoms with Gasteiger partial charge in [0.2, 0.25) is 0 Å². The van der Waals surface area contributed by atoms with Crippen molar-refractivity contribution in [1.29, 1.82) is 0 Å². The van der Waals surface area contributed by atoms with Crippen LogP contribution in [0.25, 0.3) is 0 Å². The molecule has 6 heteroatoms. The van der Waals surface area contributed by atoms with E-state index in [1.807, 2.05) is 25.1 Å². The SMILES string of the molecule is CCOCc1cccc(NC(=O)c2ccccc2S(=O)(=O)C(C)C)c1. The minimum absolute atomic E-state index is 0.0490. The molecule has 134 valence electrons. The lowest BCUT2D eigenvalue weighted by Gasteiger charge is -2.13. The summed E-state index contributed by atoms with van der Waals surface area (Å²) >= 11 is 0. The van der Waals surface area contributed by atoms with Crippen LogP contribution < -0.4 is 5.32 Å². The summed E-state index contributed by atoms with van der Waals surface area (Å²) in [5, 5.41) is 2.17. The van der Waals surface area contributed by atoms with E-state index < -0.39 is 21.0 Å². The highest BCUT2D eigenvalue weighted by atomic mass is 32.2. The number of nitrogens with one attached hydrogen (secondary N) is 1. The summed E-state index contributed by atoms with van der Waals surface area (Å²) in [6.07, 6.45) is 0. The summed E-state index contributed by atoms with van der Waals surface area (Å²) in [5.41, 5.74) is 1.67. The van der Waals surface area contributed by atoms with Gasteiger partial charge < -0.3 is 10.1 Å². The molecule has 0 fully saturated rings. The van der Waals surface area contributed by atoms with Crippen molar-refractivity contribution in [2.75, 3.05) is 11.9 Å². The van der Waals surface area contributed by atoms with Gasteiger partial charge in [-0.25, -0.2) is 8.42 Å². The third kappa shape index (κ3) is 4.67. The summed E-state index contributed by atoms with van der Waals surface area (Å²) in [7, 11) is -3.55. The highest BCUT2D eigenvalue weighted by molar-refractivity contribution is 7.92. The molecule has 0 aliphatic rings. The van der Waals surface area contributed by atoms with Gasteiger partial charge in [-0.2, -0.15) is 0 Å². The largest absolute Gasteiger partial charge is 0.377 e. The number of sulfone groups is 1. The van der Waals surface area contributed by atoms with Crippen molar-refractivity contribution in [1.82, 2.24) is 0 Å². The monoisotopic (exact) mass is 361 g/mol. The zero-order chi connectivity index (χ0) is 18.4. The van der Waals surface area contributed by atoms with Crippen molar-refractivity contribution in [2.45, 2.75) is 37.5 Å². The fourth-order valence-electron chi connectivity index (χ4n) is 2.31. The maximum atomic E-state index is 12.6. The molecule has 0 aliphatic carbocycles. The van der Waals surface area contributed by atoms with Gasteiger partial charge in [0.1, 0.15) is 0 Å². The summed E-state index contributed by atoms with van der Waals surface area (Å²) in [4.78, 5) is 12.7. The fourth-order valence-corrected chi connectivity index (χ4v) is 3.56. The summed E-state index contributed by atoms with van der Waals surface area (Å²) in [6.45, 7) is 6.18. The Hall–Kier alpha value is -2.18. The summed E-state index contributed by atoms with van der Waals surface area (Å²) < 4.78 is 30.3. The predicted octanol–water partition coefficient (Wildman–Crippen LogP) is 3.66. The van der Waals surface area contributed by atoms with Gasteiger partial charge >= 0.3 is 0 Å². The lowest BCUT2D eigenvalue weighted by atomic mass is 10.2. The van der Waals surface area contributed by atoms with E-state index in [4.69, 9.17) is 4.74 Å². The maximum Gasteiger partial charge on any atom is 0.256 e. The number of benzene rings is 2. The molecule has 0 spiro atoms. The van der Waals surface area contributed by atoms with Crippen LogP contribution in [0, 0.1) is 0 Å². The third-order valence-electron chi connectivity index (χ3n) is 3.72. The van der Waals surface area contributed by atoms with E-state index in [0.717, 1.165) is 5.56 Å². The normalized spacial score (nSPS) is 11.5. The Balaban J connectivity index is 2.28. The number of hydrogen-bond donors (Lipinski definition) is 1. The smallest absolute Gasteiger partial charge is 0.256 e. The van der Waals surface area contributed by atoms with E-state index in [2.05, 4.69) is 5.32 Å². The Bertz CT molecular complexity index is 844. The lowest BCUT2D eigenvalue weighted by Crippen LogP contribution is -2.20. The Kier molecular flexibility index (Phi) is 6.33. The Morgan fingerprint density at radius 1 is 1.12 bits per heavy atom. The van der Waals surface area contributed by atoms with Crippen LogP contribution in [0.2, 0.25) is 0 Å². The molecule has 0 unspecified atom stereocenters. The van der Waals surface area contributed by atoms with Crippen LogP contribution in [0.4, 0.5) is 5.69 Å². The van der Waals surface area contributed by atoms with Gasteiger partial charge in [-0.15, -0.1) is 0 Å². The van der Waals surface area contributed by atoms with Gasteiger partial charge in [-0.05, 0) is 50.6 Å². The number of amides is 1. The average molecular weight is 361 g/mol. The zero-order valence-electron chi connectivity index (χ0n) is 14.7. The summed E-state index contributed by atoms with van der Waals surface area (Å²) in [6, 6.07) is 13.6. The van der Waals surface area contributed by atoms with Crippen LogP contribution in [-0.4, -0.2) is 26.2 Å². The van der Waals surface area contributed by atoms with E-state index in [-0.39, 0.29) is 10.5 Å². The molecule has 5 nitrogen and oxygen atoms in total. The Labute approximate surface area is 148 Å². The molecule has 1 N–H and O–H groups in total. The molecular weight excluding hydrogens is 338 g/mol. The molecule has 0 aliphatic heterocycles. The summed E-state index contributed by atoms with van der Waals surface area (Å²) in [5.74, 6) is -0.451. The first-order valence-electron chi connectivity index (χ1n) is 8.17. The number of carbonyl (C=O) groups excluding carboxylic acids is 1. The first kappa shape index (κ1) is 19.1. The molecule has 1 amide bonds. The van der Waals surface area contributed by atoms with Crippen molar-refractivity contribution < 1.29 is 17.9 Å².